The van der Waals surface area contributed by atoms with Gasteiger partial charge in [-0.15, -0.1) is 0 Å². The molecule has 0 aromatic heterocycles. The Kier molecular flexibility index (Phi) is 5.60. The number of benzene rings is 1. The highest BCUT2D eigenvalue weighted by atomic mass is 16.5. The summed E-state index contributed by atoms with van der Waals surface area (Å²) in [5.74, 6) is 0.509. The fourth-order valence-corrected chi connectivity index (χ4v) is 1.97. The predicted molar refractivity (Wildman–Crippen MR) is 80.4 cm³/mol. The van der Waals surface area contributed by atoms with E-state index in [4.69, 9.17) is 4.74 Å². The molecule has 5 nitrogen and oxygen atoms in total. The van der Waals surface area contributed by atoms with Gasteiger partial charge >= 0.3 is 0 Å². The van der Waals surface area contributed by atoms with E-state index < -0.39 is 0 Å². The molecule has 0 spiro atoms. The van der Waals surface area contributed by atoms with E-state index in [0.29, 0.717) is 12.2 Å². The highest BCUT2D eigenvalue weighted by molar-refractivity contribution is 5.96. The third-order valence-electron chi connectivity index (χ3n) is 3.49. The van der Waals surface area contributed by atoms with Crippen molar-refractivity contribution in [3.8, 4) is 5.75 Å². The Morgan fingerprint density at radius 1 is 1.24 bits per heavy atom. The number of likely N-dealkylation sites (tertiary alicyclic amines) is 1. The molecule has 21 heavy (non-hydrogen) atoms. The van der Waals surface area contributed by atoms with E-state index in [2.05, 4.69) is 12.2 Å². The molecule has 0 unspecified atom stereocenters. The number of nitrogens with one attached hydrogen (secondary N) is 1. The van der Waals surface area contributed by atoms with Crippen LogP contribution in [0.1, 0.15) is 36.5 Å². The Bertz CT molecular complexity index is 481. The van der Waals surface area contributed by atoms with Crippen LogP contribution in [0.4, 0.5) is 0 Å². The SMILES string of the molecule is CCCCOc1ccc(C(=O)NCC(=O)N2CCC2)cc1. The van der Waals surface area contributed by atoms with Crippen molar-refractivity contribution in [1.29, 1.82) is 0 Å². The lowest BCUT2D eigenvalue weighted by molar-refractivity contribution is -0.133. The first kappa shape index (κ1) is 15.4. The largest absolute Gasteiger partial charge is 0.494 e. The molecular weight excluding hydrogens is 268 g/mol. The minimum absolute atomic E-state index is 0.0193. The molecule has 5 heteroatoms. The Balaban J connectivity index is 1.77. The highest BCUT2D eigenvalue weighted by Gasteiger charge is 2.20. The lowest BCUT2D eigenvalue weighted by atomic mass is 10.2. The molecule has 1 aliphatic rings. The summed E-state index contributed by atoms with van der Waals surface area (Å²) in [6.07, 6.45) is 3.16. The molecule has 1 aromatic carbocycles. The second kappa shape index (κ2) is 7.67. The van der Waals surface area contributed by atoms with Gasteiger partial charge in [0, 0.05) is 18.7 Å². The molecule has 2 amide bonds. The molecule has 1 saturated heterocycles. The summed E-state index contributed by atoms with van der Waals surface area (Å²) in [6, 6.07) is 6.99. The number of carbonyl (C=O) groups excluding carboxylic acids is 2. The van der Waals surface area contributed by atoms with Gasteiger partial charge in [0.1, 0.15) is 5.75 Å². The van der Waals surface area contributed by atoms with Crippen molar-refractivity contribution < 1.29 is 14.3 Å². The van der Waals surface area contributed by atoms with Crippen LogP contribution in [0.25, 0.3) is 0 Å². The smallest absolute Gasteiger partial charge is 0.251 e. The third kappa shape index (κ3) is 4.48. The van der Waals surface area contributed by atoms with Crippen molar-refractivity contribution in [2.45, 2.75) is 26.2 Å². The molecule has 2 rings (SSSR count). The molecule has 0 radical (unpaired) electrons. The summed E-state index contributed by atoms with van der Waals surface area (Å²) in [5, 5.41) is 2.65. The van der Waals surface area contributed by atoms with Gasteiger partial charge in [0.05, 0.1) is 13.2 Å². The second-order valence-electron chi connectivity index (χ2n) is 5.14. The fraction of sp³-hybridized carbons (Fsp3) is 0.500. The number of ether oxygens (including phenoxy) is 1. The summed E-state index contributed by atoms with van der Waals surface area (Å²) in [6.45, 7) is 4.47. The molecule has 1 aliphatic heterocycles. The molecule has 114 valence electrons. The van der Waals surface area contributed by atoms with Crippen molar-refractivity contribution in [2.75, 3.05) is 26.2 Å². The second-order valence-corrected chi connectivity index (χ2v) is 5.14. The van der Waals surface area contributed by atoms with Crippen LogP contribution in [0.5, 0.6) is 5.75 Å². The number of hydrogen-bond acceptors (Lipinski definition) is 3. The maximum Gasteiger partial charge on any atom is 0.251 e. The predicted octanol–water partition coefficient (Wildman–Crippen LogP) is 1.83. The van der Waals surface area contributed by atoms with Crippen molar-refractivity contribution in [2.24, 2.45) is 0 Å². The van der Waals surface area contributed by atoms with Crippen molar-refractivity contribution >= 4 is 11.8 Å². The molecule has 0 saturated carbocycles. The minimum Gasteiger partial charge on any atom is -0.494 e. The zero-order valence-electron chi connectivity index (χ0n) is 12.4. The topological polar surface area (TPSA) is 58.6 Å². The van der Waals surface area contributed by atoms with Gasteiger partial charge in [-0.25, -0.2) is 0 Å². The van der Waals surface area contributed by atoms with E-state index in [0.717, 1.165) is 38.1 Å². The van der Waals surface area contributed by atoms with Crippen LogP contribution in [0.2, 0.25) is 0 Å². The first-order chi connectivity index (χ1) is 10.2. The van der Waals surface area contributed by atoms with Crippen molar-refractivity contribution in [1.82, 2.24) is 10.2 Å². The standard InChI is InChI=1S/C16H22N2O3/c1-2-3-11-21-14-7-5-13(6-8-14)16(20)17-12-15(19)18-9-4-10-18/h5-8H,2-4,9-12H2,1H3,(H,17,20). The molecule has 0 atom stereocenters. The lowest BCUT2D eigenvalue weighted by Crippen LogP contribution is -2.47. The summed E-state index contributed by atoms with van der Waals surface area (Å²) >= 11 is 0. The summed E-state index contributed by atoms with van der Waals surface area (Å²) < 4.78 is 5.54. The molecule has 0 aliphatic carbocycles. The van der Waals surface area contributed by atoms with E-state index in [9.17, 15) is 9.59 Å². The molecule has 1 heterocycles. The summed E-state index contributed by atoms with van der Waals surface area (Å²) in [5.41, 5.74) is 0.536. The fourth-order valence-electron chi connectivity index (χ4n) is 1.97. The first-order valence-corrected chi connectivity index (χ1v) is 7.49. The van der Waals surface area contributed by atoms with E-state index in [1.54, 1.807) is 29.2 Å². The Labute approximate surface area is 125 Å². The highest BCUT2D eigenvalue weighted by Crippen LogP contribution is 2.12. The number of nitrogens with zero attached hydrogens (tertiary/aromatic N) is 1. The van der Waals surface area contributed by atoms with Gasteiger partial charge in [0.2, 0.25) is 5.91 Å². The normalized spacial score (nSPS) is 13.5. The number of unbranched alkanes of at least 4 members (excludes halogenated alkanes) is 1. The van der Waals surface area contributed by atoms with E-state index in [-0.39, 0.29) is 18.4 Å². The van der Waals surface area contributed by atoms with E-state index in [1.165, 1.54) is 0 Å². The molecule has 1 aromatic rings. The van der Waals surface area contributed by atoms with Crippen LogP contribution < -0.4 is 10.1 Å². The maximum atomic E-state index is 11.9. The third-order valence-corrected chi connectivity index (χ3v) is 3.49. The Morgan fingerprint density at radius 3 is 2.52 bits per heavy atom. The number of rotatable bonds is 7. The van der Waals surface area contributed by atoms with E-state index >= 15 is 0 Å². The maximum absolute atomic E-state index is 11.9. The van der Waals surface area contributed by atoms with Crippen LogP contribution in [0, 0.1) is 0 Å². The monoisotopic (exact) mass is 290 g/mol. The van der Waals surface area contributed by atoms with Gasteiger partial charge in [-0.05, 0) is 37.1 Å². The number of carbonyl (C=O) groups is 2. The summed E-state index contributed by atoms with van der Waals surface area (Å²) in [7, 11) is 0. The lowest BCUT2D eigenvalue weighted by Gasteiger charge is -2.30. The molecule has 1 N–H and O–H groups in total. The Hall–Kier alpha value is -2.04. The average molecular weight is 290 g/mol. The van der Waals surface area contributed by atoms with Crippen LogP contribution in [-0.2, 0) is 4.79 Å². The Morgan fingerprint density at radius 2 is 1.95 bits per heavy atom. The van der Waals surface area contributed by atoms with Crippen LogP contribution in [0.3, 0.4) is 0 Å². The van der Waals surface area contributed by atoms with Crippen LogP contribution in [0.15, 0.2) is 24.3 Å². The molecular formula is C16H22N2O3. The zero-order chi connectivity index (χ0) is 15.1. The van der Waals surface area contributed by atoms with Gasteiger partial charge in [0.25, 0.3) is 5.91 Å². The number of hydrogen-bond donors (Lipinski definition) is 1. The van der Waals surface area contributed by atoms with Gasteiger partial charge in [-0.1, -0.05) is 13.3 Å². The average Bonchev–Trinajstić information content (AvgIpc) is 2.44. The van der Waals surface area contributed by atoms with Gasteiger partial charge < -0.3 is 15.0 Å². The van der Waals surface area contributed by atoms with Gasteiger partial charge in [0.15, 0.2) is 0 Å². The minimum atomic E-state index is -0.232. The van der Waals surface area contributed by atoms with Crippen molar-refractivity contribution in [3.63, 3.8) is 0 Å². The van der Waals surface area contributed by atoms with Crippen LogP contribution >= 0.6 is 0 Å². The summed E-state index contributed by atoms with van der Waals surface area (Å²) in [4.78, 5) is 25.3. The van der Waals surface area contributed by atoms with Crippen LogP contribution in [-0.4, -0.2) is 43.0 Å². The zero-order valence-corrected chi connectivity index (χ0v) is 12.4. The van der Waals surface area contributed by atoms with Crippen molar-refractivity contribution in [3.05, 3.63) is 29.8 Å². The number of amides is 2. The van der Waals surface area contributed by atoms with Gasteiger partial charge in [-0.2, -0.15) is 0 Å². The molecule has 1 fully saturated rings. The molecule has 0 bridgehead atoms. The first-order valence-electron chi connectivity index (χ1n) is 7.49. The van der Waals surface area contributed by atoms with Gasteiger partial charge in [-0.3, -0.25) is 9.59 Å². The van der Waals surface area contributed by atoms with E-state index in [1.807, 2.05) is 0 Å². The quantitative estimate of drug-likeness (QED) is 0.779.